The van der Waals surface area contributed by atoms with Gasteiger partial charge in [0.1, 0.15) is 5.75 Å². The molecule has 0 saturated heterocycles. The molecule has 0 unspecified atom stereocenters. The van der Waals surface area contributed by atoms with Crippen molar-refractivity contribution in [3.05, 3.63) is 65.7 Å². The Morgan fingerprint density at radius 2 is 1.67 bits per heavy atom. The van der Waals surface area contributed by atoms with Gasteiger partial charge >= 0.3 is 0 Å². The van der Waals surface area contributed by atoms with Gasteiger partial charge in [-0.1, -0.05) is 18.2 Å². The molecule has 0 aliphatic carbocycles. The van der Waals surface area contributed by atoms with Crippen LogP contribution in [0.3, 0.4) is 0 Å². The zero-order chi connectivity index (χ0) is 19.6. The average molecular weight is 366 g/mol. The summed E-state index contributed by atoms with van der Waals surface area (Å²) in [5, 5.41) is 2.80. The lowest BCUT2D eigenvalue weighted by atomic mass is 10.1. The molecule has 0 saturated carbocycles. The molecule has 0 aromatic heterocycles. The Hall–Kier alpha value is -3.08. The molecule has 142 valence electrons. The first-order valence-electron chi connectivity index (χ1n) is 9.19. The molecule has 0 spiro atoms. The number of amides is 2. The molecule has 0 radical (unpaired) electrons. The largest absolute Gasteiger partial charge is 0.493 e. The number of benzene rings is 2. The Balaban J connectivity index is 2.01. The Morgan fingerprint density at radius 1 is 1.00 bits per heavy atom. The monoisotopic (exact) mass is 366 g/mol. The van der Waals surface area contributed by atoms with Crippen molar-refractivity contribution in [1.29, 1.82) is 0 Å². The van der Waals surface area contributed by atoms with E-state index >= 15 is 0 Å². The summed E-state index contributed by atoms with van der Waals surface area (Å²) < 4.78 is 5.54. The number of carbonyl (C=O) groups excluding carboxylic acids is 2. The van der Waals surface area contributed by atoms with Crippen molar-refractivity contribution in [1.82, 2.24) is 4.90 Å². The zero-order valence-corrected chi connectivity index (χ0v) is 16.1. The van der Waals surface area contributed by atoms with Gasteiger partial charge in [0.15, 0.2) is 0 Å². The lowest BCUT2D eigenvalue weighted by Crippen LogP contribution is -2.30. The van der Waals surface area contributed by atoms with Crippen LogP contribution >= 0.6 is 0 Å². The fraction of sp³-hybridized carbons (Fsp3) is 0.273. The molecule has 0 atom stereocenters. The van der Waals surface area contributed by atoms with Gasteiger partial charge in [-0.15, -0.1) is 0 Å². The van der Waals surface area contributed by atoms with Crippen LogP contribution in [0.25, 0.3) is 6.08 Å². The second kappa shape index (κ2) is 10.2. The van der Waals surface area contributed by atoms with Gasteiger partial charge in [0, 0.05) is 36.0 Å². The van der Waals surface area contributed by atoms with Gasteiger partial charge in [0.05, 0.1) is 6.61 Å². The van der Waals surface area contributed by atoms with E-state index in [0.29, 0.717) is 30.9 Å². The number of nitrogens with one attached hydrogen (secondary N) is 1. The minimum atomic E-state index is -0.246. The van der Waals surface area contributed by atoms with Gasteiger partial charge in [0.25, 0.3) is 5.91 Å². The summed E-state index contributed by atoms with van der Waals surface area (Å²) in [6, 6.07) is 14.5. The predicted molar refractivity (Wildman–Crippen MR) is 109 cm³/mol. The van der Waals surface area contributed by atoms with Crippen LogP contribution in [-0.4, -0.2) is 36.4 Å². The molecule has 2 aromatic rings. The molecular weight excluding hydrogens is 340 g/mol. The van der Waals surface area contributed by atoms with Crippen molar-refractivity contribution in [2.75, 3.05) is 25.0 Å². The smallest absolute Gasteiger partial charge is 0.253 e. The van der Waals surface area contributed by atoms with Gasteiger partial charge < -0.3 is 15.0 Å². The van der Waals surface area contributed by atoms with Crippen LogP contribution in [0.15, 0.2) is 54.6 Å². The van der Waals surface area contributed by atoms with Crippen LogP contribution in [0, 0.1) is 0 Å². The van der Waals surface area contributed by atoms with Crippen LogP contribution in [0.2, 0.25) is 0 Å². The summed E-state index contributed by atoms with van der Waals surface area (Å²) in [7, 11) is 0. The highest BCUT2D eigenvalue weighted by molar-refractivity contribution is 6.02. The van der Waals surface area contributed by atoms with Crippen LogP contribution in [-0.2, 0) is 4.79 Å². The van der Waals surface area contributed by atoms with Gasteiger partial charge in [-0.05, 0) is 57.2 Å². The van der Waals surface area contributed by atoms with E-state index in [2.05, 4.69) is 5.32 Å². The minimum absolute atomic E-state index is 0.00898. The molecule has 2 rings (SSSR count). The second-order valence-electron chi connectivity index (χ2n) is 5.85. The molecule has 5 heteroatoms. The third-order valence-corrected chi connectivity index (χ3v) is 4.08. The molecule has 2 amide bonds. The maximum absolute atomic E-state index is 12.3. The summed E-state index contributed by atoms with van der Waals surface area (Å²) in [5.74, 6) is 0.484. The van der Waals surface area contributed by atoms with E-state index in [4.69, 9.17) is 4.74 Å². The number of ether oxygens (including phenoxy) is 1. The standard InChI is InChI=1S/C22H26N2O3/c1-4-24(5-2)22(26)18-11-14-19(15-12-18)23-21(25)16-13-17-9-7-8-10-20(17)27-6-3/h7-16H,4-6H2,1-3H3,(H,23,25)/b16-13+. The molecule has 0 aliphatic heterocycles. The molecule has 2 aromatic carbocycles. The first kappa shape index (κ1) is 20.2. The maximum atomic E-state index is 12.3. The third-order valence-electron chi connectivity index (χ3n) is 4.08. The number of carbonyl (C=O) groups is 2. The second-order valence-corrected chi connectivity index (χ2v) is 5.85. The first-order valence-corrected chi connectivity index (χ1v) is 9.19. The molecule has 0 aliphatic rings. The molecule has 0 heterocycles. The Labute approximate surface area is 160 Å². The lowest BCUT2D eigenvalue weighted by Gasteiger charge is -2.18. The summed E-state index contributed by atoms with van der Waals surface area (Å²) >= 11 is 0. The number of hydrogen-bond donors (Lipinski definition) is 1. The summed E-state index contributed by atoms with van der Waals surface area (Å²) in [6.45, 7) is 7.72. The van der Waals surface area contributed by atoms with E-state index in [1.165, 1.54) is 6.08 Å². The van der Waals surface area contributed by atoms with Crippen molar-refractivity contribution in [3.8, 4) is 5.75 Å². The van der Waals surface area contributed by atoms with Gasteiger partial charge in [-0.3, -0.25) is 9.59 Å². The molecule has 0 bridgehead atoms. The van der Waals surface area contributed by atoms with Gasteiger partial charge in [-0.25, -0.2) is 0 Å². The summed E-state index contributed by atoms with van der Waals surface area (Å²) in [6.07, 6.45) is 3.19. The first-order chi connectivity index (χ1) is 13.1. The summed E-state index contributed by atoms with van der Waals surface area (Å²) in [5.41, 5.74) is 2.09. The third kappa shape index (κ3) is 5.71. The number of nitrogens with zero attached hydrogens (tertiary/aromatic N) is 1. The molecule has 27 heavy (non-hydrogen) atoms. The highest BCUT2D eigenvalue weighted by Crippen LogP contribution is 2.19. The zero-order valence-electron chi connectivity index (χ0n) is 16.1. The predicted octanol–water partition coefficient (Wildman–Crippen LogP) is 4.22. The van der Waals surface area contributed by atoms with E-state index in [-0.39, 0.29) is 11.8 Å². The van der Waals surface area contributed by atoms with E-state index in [9.17, 15) is 9.59 Å². The van der Waals surface area contributed by atoms with Crippen LogP contribution < -0.4 is 10.1 Å². The number of rotatable bonds is 8. The normalized spacial score (nSPS) is 10.6. The van der Waals surface area contributed by atoms with Crippen molar-refractivity contribution in [2.45, 2.75) is 20.8 Å². The SMILES string of the molecule is CCOc1ccccc1/C=C/C(=O)Nc1ccc(C(=O)N(CC)CC)cc1. The summed E-state index contributed by atoms with van der Waals surface area (Å²) in [4.78, 5) is 26.2. The molecule has 0 fully saturated rings. The number of anilines is 1. The van der Waals surface area contributed by atoms with Crippen LogP contribution in [0.1, 0.15) is 36.7 Å². The Kier molecular flexibility index (Phi) is 7.62. The van der Waals surface area contributed by atoms with Crippen molar-refractivity contribution in [3.63, 3.8) is 0 Å². The van der Waals surface area contributed by atoms with E-state index in [1.807, 2.05) is 45.0 Å². The maximum Gasteiger partial charge on any atom is 0.253 e. The van der Waals surface area contributed by atoms with Crippen LogP contribution in [0.4, 0.5) is 5.69 Å². The lowest BCUT2D eigenvalue weighted by molar-refractivity contribution is -0.111. The molecular formula is C22H26N2O3. The fourth-order valence-electron chi connectivity index (χ4n) is 2.64. The van der Waals surface area contributed by atoms with E-state index < -0.39 is 0 Å². The Bertz CT molecular complexity index is 793. The van der Waals surface area contributed by atoms with Gasteiger partial charge in [-0.2, -0.15) is 0 Å². The molecule has 1 N–H and O–H groups in total. The highest BCUT2D eigenvalue weighted by atomic mass is 16.5. The molecule has 5 nitrogen and oxygen atoms in total. The van der Waals surface area contributed by atoms with Gasteiger partial charge in [0.2, 0.25) is 5.91 Å². The topological polar surface area (TPSA) is 58.6 Å². The average Bonchev–Trinajstić information content (AvgIpc) is 2.69. The van der Waals surface area contributed by atoms with Crippen molar-refractivity contribution >= 4 is 23.6 Å². The van der Waals surface area contributed by atoms with E-state index in [1.54, 1.807) is 35.2 Å². The number of hydrogen-bond acceptors (Lipinski definition) is 3. The van der Waals surface area contributed by atoms with Crippen molar-refractivity contribution in [2.24, 2.45) is 0 Å². The Morgan fingerprint density at radius 3 is 2.30 bits per heavy atom. The van der Waals surface area contributed by atoms with Crippen LogP contribution in [0.5, 0.6) is 5.75 Å². The number of para-hydroxylation sites is 1. The highest BCUT2D eigenvalue weighted by Gasteiger charge is 2.12. The fourth-order valence-corrected chi connectivity index (χ4v) is 2.64. The van der Waals surface area contributed by atoms with Crippen molar-refractivity contribution < 1.29 is 14.3 Å². The minimum Gasteiger partial charge on any atom is -0.493 e. The van der Waals surface area contributed by atoms with E-state index in [0.717, 1.165) is 11.3 Å². The quantitative estimate of drug-likeness (QED) is 0.712.